The van der Waals surface area contributed by atoms with Gasteiger partial charge in [-0.2, -0.15) is 5.70 Å². The van der Waals surface area contributed by atoms with Crippen molar-refractivity contribution >= 4 is 70.9 Å². The summed E-state index contributed by atoms with van der Waals surface area (Å²) in [6, 6.07) is -0.605. The smallest absolute Gasteiger partial charge is 0.681 e. The van der Waals surface area contributed by atoms with Gasteiger partial charge in [0, 0.05) is 5.56 Å². The number of Topliss-reactive ketones (excluding diaryl/α,β-unsaturated/α-hetero) is 1. The number of hydrogen-bond acceptors (Lipinski definition) is 6. The van der Waals surface area contributed by atoms with Crippen LogP contribution in [0.25, 0.3) is 41.5 Å². The number of carbonyl (C=O) groups is 2. The molecular formula is C45H54MgN4O6-2. The van der Waals surface area contributed by atoms with Crippen molar-refractivity contribution in [2.45, 2.75) is 99.3 Å². The molecule has 2 N–H and O–H groups in total. The Morgan fingerprint density at radius 1 is 1.04 bits per heavy atom. The van der Waals surface area contributed by atoms with E-state index in [1.165, 1.54) is 19.1 Å². The van der Waals surface area contributed by atoms with Crippen LogP contribution in [0.1, 0.15) is 116 Å². The van der Waals surface area contributed by atoms with Gasteiger partial charge >= 0.3 is 29.0 Å². The number of ketones is 1. The predicted octanol–water partition coefficient (Wildman–Crippen LogP) is 4.34. The number of aromatic nitrogens is 3. The molecule has 2 unspecified atom stereocenters. The van der Waals surface area contributed by atoms with Gasteiger partial charge in [-0.25, -0.2) is 0 Å². The minimum atomic E-state index is -1.19. The summed E-state index contributed by atoms with van der Waals surface area (Å²) in [6.07, 6.45) is 14.3. The second kappa shape index (κ2) is 18.0. The summed E-state index contributed by atoms with van der Waals surface area (Å²) in [5.74, 6) is -1.88. The average Bonchev–Trinajstić information content (AvgIpc) is 3.90. The summed E-state index contributed by atoms with van der Waals surface area (Å²) >= 11 is 0. The second-order valence-corrected chi connectivity index (χ2v) is 15.6. The van der Waals surface area contributed by atoms with Gasteiger partial charge in [-0.3, -0.25) is 9.59 Å². The summed E-state index contributed by atoms with van der Waals surface area (Å²) in [5, 5.41) is 28.9. The molecule has 294 valence electrons. The van der Waals surface area contributed by atoms with Gasteiger partial charge in [-0.05, 0) is 81.4 Å². The van der Waals surface area contributed by atoms with Crippen LogP contribution < -0.4 is 36.2 Å². The third-order valence-electron chi connectivity index (χ3n) is 11.7. The molecule has 5 heterocycles. The van der Waals surface area contributed by atoms with E-state index in [0.717, 1.165) is 41.5 Å². The molecule has 3 aromatic heterocycles. The van der Waals surface area contributed by atoms with Crippen molar-refractivity contribution in [3.8, 4) is 0 Å². The Bertz CT molecular complexity index is 2300. The van der Waals surface area contributed by atoms with Crippen molar-refractivity contribution < 1.29 is 29.3 Å². The quantitative estimate of drug-likeness (QED) is 0.0852. The summed E-state index contributed by atoms with van der Waals surface area (Å²) in [5.41, 5.74) is 8.13. The third-order valence-corrected chi connectivity index (χ3v) is 11.7. The van der Waals surface area contributed by atoms with E-state index in [0.29, 0.717) is 86.8 Å². The van der Waals surface area contributed by atoms with Crippen LogP contribution in [0.4, 0.5) is 0 Å². The monoisotopic (exact) mass is 770 g/mol. The Hall–Kier alpha value is -4.03. The van der Waals surface area contributed by atoms with Crippen LogP contribution in [0.15, 0.2) is 23.9 Å². The van der Waals surface area contributed by atoms with Crippen LogP contribution in [0.3, 0.4) is 0 Å². The van der Waals surface area contributed by atoms with Crippen LogP contribution in [0.5, 0.6) is 0 Å². The molecule has 3 aromatic rings. The number of hydrogen-bond donors (Lipinski definition) is 2. The summed E-state index contributed by atoms with van der Waals surface area (Å²) in [7, 11) is 1.29. The van der Waals surface area contributed by atoms with Crippen molar-refractivity contribution in [3.05, 3.63) is 95.4 Å². The first-order valence-corrected chi connectivity index (χ1v) is 19.5. The van der Waals surface area contributed by atoms with Crippen LogP contribution in [0.2, 0.25) is 0 Å². The van der Waals surface area contributed by atoms with E-state index in [9.17, 15) is 19.8 Å². The van der Waals surface area contributed by atoms with Gasteiger partial charge in [0.2, 0.25) is 0 Å². The molecule has 10 nitrogen and oxygen atoms in total. The fraction of sp³-hybridized carbons (Fsp3) is 0.467. The number of esters is 1. The zero-order valence-electron chi connectivity index (χ0n) is 34.1. The Morgan fingerprint density at radius 2 is 1.77 bits per heavy atom. The fourth-order valence-corrected chi connectivity index (χ4v) is 8.46. The molecule has 1 aliphatic carbocycles. The van der Waals surface area contributed by atoms with E-state index in [-0.39, 0.29) is 40.7 Å². The van der Waals surface area contributed by atoms with Crippen LogP contribution in [-0.4, -0.2) is 71.1 Å². The van der Waals surface area contributed by atoms with Gasteiger partial charge < -0.3 is 40.0 Å². The number of carbonyl (C=O) groups excluding carboxylic acids is 2. The minimum absolute atomic E-state index is 0. The Balaban J connectivity index is 0.00000600. The number of aliphatic hydroxyl groups is 2. The van der Waals surface area contributed by atoms with E-state index in [2.05, 4.69) is 34.3 Å². The molecule has 0 aromatic carbocycles. The molecule has 0 amide bonds. The molecule has 56 heavy (non-hydrogen) atoms. The van der Waals surface area contributed by atoms with Crippen molar-refractivity contribution in [3.63, 3.8) is 0 Å². The fourth-order valence-electron chi connectivity index (χ4n) is 8.46. The number of rotatable bonds is 13. The van der Waals surface area contributed by atoms with Gasteiger partial charge in [0.05, 0.1) is 20.0 Å². The molecule has 5 atom stereocenters. The number of methoxy groups -OCH3 is 1. The zero-order valence-corrected chi connectivity index (χ0v) is 35.5. The Kier molecular flexibility index (Phi) is 13.9. The Morgan fingerprint density at radius 3 is 2.43 bits per heavy atom. The normalized spacial score (nSPS) is 23.1. The first kappa shape index (κ1) is 43.1. The van der Waals surface area contributed by atoms with E-state index in [4.69, 9.17) is 29.7 Å². The molecule has 0 saturated carbocycles. The molecule has 0 radical (unpaired) electrons. The molecule has 6 rings (SSSR count). The van der Waals surface area contributed by atoms with Crippen LogP contribution >= 0.6 is 0 Å². The summed E-state index contributed by atoms with van der Waals surface area (Å²) in [6.45, 7) is 18.8. The molecule has 2 aliphatic heterocycles. The van der Waals surface area contributed by atoms with Crippen molar-refractivity contribution in [1.29, 1.82) is 0 Å². The average molecular weight is 771 g/mol. The number of aliphatic hydroxyl groups excluding tert-OH is 2. The number of ether oxygens (including phenoxy) is 2. The van der Waals surface area contributed by atoms with E-state index in [1.807, 2.05) is 45.1 Å². The Labute approximate surface area is 345 Å². The van der Waals surface area contributed by atoms with Gasteiger partial charge in [0.15, 0.2) is 12.1 Å². The molecule has 1 fully saturated rings. The maximum atomic E-state index is 14.3. The van der Waals surface area contributed by atoms with Crippen LogP contribution in [0, 0.1) is 37.5 Å². The zero-order chi connectivity index (χ0) is 39.7. The molecule has 1 saturated heterocycles. The second-order valence-electron chi connectivity index (χ2n) is 15.6. The molecular weight excluding hydrogens is 717 g/mol. The summed E-state index contributed by atoms with van der Waals surface area (Å²) < 4.78 is 11.1. The van der Waals surface area contributed by atoms with E-state index < -0.39 is 24.2 Å². The van der Waals surface area contributed by atoms with E-state index in [1.54, 1.807) is 6.08 Å². The number of fused-ring (bicyclic) bond motifs is 8. The molecule has 11 heteroatoms. The maximum absolute atomic E-state index is 14.3. The maximum Gasteiger partial charge on any atom is 2.00 e. The number of nitrogens with zero attached hydrogens (tertiary/aromatic N) is 4. The predicted molar refractivity (Wildman–Crippen MR) is 221 cm³/mol. The molecule has 0 spiro atoms. The first-order valence-electron chi connectivity index (χ1n) is 19.5. The van der Waals surface area contributed by atoms with Crippen molar-refractivity contribution in [2.75, 3.05) is 13.7 Å². The summed E-state index contributed by atoms with van der Waals surface area (Å²) in [4.78, 5) is 42.8. The van der Waals surface area contributed by atoms with Crippen LogP contribution in [-0.2, 0) is 20.7 Å². The van der Waals surface area contributed by atoms with Gasteiger partial charge in [-0.1, -0.05) is 105 Å². The van der Waals surface area contributed by atoms with Crippen molar-refractivity contribution in [2.24, 2.45) is 23.7 Å². The SMILES string of the molecule is C=Cc1c2[n-]c(c1C)/C=C1\[N-]C(C3=c4[n-]/c(c(C)c4C(=O)[C@@H]3C(=O)OC)=C\c3[n-]c(/c(=C\O)c3CC)=C\2)[C@@H](CCC(O)OC/C=C(\C)CCCC(C)C)[C@@H]1C.[Mg+2]. The third kappa shape index (κ3) is 8.19. The number of allylic oxidation sites excluding steroid dienone is 2. The minimum Gasteiger partial charge on any atom is -0.681 e. The van der Waals surface area contributed by atoms with Gasteiger partial charge in [-0.15, -0.1) is 33.1 Å². The van der Waals surface area contributed by atoms with Gasteiger partial charge in [0.1, 0.15) is 5.92 Å². The van der Waals surface area contributed by atoms with E-state index >= 15 is 0 Å². The molecule has 8 bridgehead atoms. The van der Waals surface area contributed by atoms with Gasteiger partial charge in [0.25, 0.3) is 0 Å². The standard InChI is InChI=1S/C45H54N4O6.Mg/c1-10-28-25(6)32-19-33-26(7)30(15-16-38(51)55-18-17-24(5)14-12-13-23(3)4)42(48-33)40-41(45(53)54-9)44(52)39-27(8)34(49-43(39)40)20-36-29(11-2)31(22-50)37(47-36)21-35(28)46-32;/h10,17,19-23,26,30,38,41-42,51H,1,11-16,18H2,2-9H3,(H,50,52);/q-4;+2/b24-17+,33-19-,37-21-;/t26-,30-,38?,41+,42?;/m0./s1. The van der Waals surface area contributed by atoms with Crippen molar-refractivity contribution in [1.82, 2.24) is 15.0 Å². The topological polar surface area (TPSA) is 149 Å². The first-order chi connectivity index (χ1) is 26.3. The molecule has 3 aliphatic rings. The largest absolute Gasteiger partial charge is 2.00 e.